The first-order valence-electron chi connectivity index (χ1n) is 3.99. The van der Waals surface area contributed by atoms with Crippen molar-refractivity contribution in [2.75, 3.05) is 0 Å². The van der Waals surface area contributed by atoms with Crippen LogP contribution in [0.4, 0.5) is 13.2 Å². The Morgan fingerprint density at radius 3 is 2.53 bits per heavy atom. The molecule has 0 saturated carbocycles. The third-order valence-electron chi connectivity index (χ3n) is 1.86. The molecule has 0 aliphatic heterocycles. The van der Waals surface area contributed by atoms with Gasteiger partial charge in [0.25, 0.3) is 0 Å². The second kappa shape index (κ2) is 3.73. The molecule has 15 heavy (non-hydrogen) atoms. The summed E-state index contributed by atoms with van der Waals surface area (Å²) >= 11 is 0. The molecule has 0 bridgehead atoms. The van der Waals surface area contributed by atoms with E-state index in [0.717, 1.165) is 25.1 Å². The van der Waals surface area contributed by atoms with E-state index in [4.69, 9.17) is 5.26 Å². The van der Waals surface area contributed by atoms with Crippen LogP contribution in [0.3, 0.4) is 0 Å². The van der Waals surface area contributed by atoms with Crippen molar-refractivity contribution in [2.24, 2.45) is 0 Å². The van der Waals surface area contributed by atoms with Crippen LogP contribution in [0, 0.1) is 17.1 Å². The highest BCUT2D eigenvalue weighted by molar-refractivity contribution is 5.94. The molecule has 0 aliphatic carbocycles. The third kappa shape index (κ3) is 1.99. The number of ketones is 1. The van der Waals surface area contributed by atoms with Crippen molar-refractivity contribution in [1.82, 2.24) is 0 Å². The van der Waals surface area contributed by atoms with E-state index in [-0.39, 0.29) is 0 Å². The first kappa shape index (κ1) is 11.2. The Kier molecular flexibility index (Phi) is 2.80. The van der Waals surface area contributed by atoms with Gasteiger partial charge in [0.2, 0.25) is 0 Å². The number of rotatable bonds is 2. The summed E-state index contributed by atoms with van der Waals surface area (Å²) in [5.41, 5.74) is -1.51. The van der Waals surface area contributed by atoms with Crippen LogP contribution in [-0.4, -0.2) is 5.78 Å². The Morgan fingerprint density at radius 1 is 1.47 bits per heavy atom. The Labute approximate surface area is 83.9 Å². The van der Waals surface area contributed by atoms with Gasteiger partial charge in [-0.2, -0.15) is 14.0 Å². The number of halogens is 3. The second-order valence-corrected chi connectivity index (χ2v) is 2.91. The predicted molar refractivity (Wildman–Crippen MR) is 45.9 cm³/mol. The van der Waals surface area contributed by atoms with E-state index in [2.05, 4.69) is 0 Å². The molecule has 5 heteroatoms. The lowest BCUT2D eigenvalue weighted by Gasteiger charge is -2.10. The van der Waals surface area contributed by atoms with Crippen molar-refractivity contribution in [2.45, 2.75) is 12.8 Å². The van der Waals surface area contributed by atoms with Crippen LogP contribution < -0.4 is 0 Å². The van der Waals surface area contributed by atoms with Crippen LogP contribution in [0.2, 0.25) is 0 Å². The minimum Gasteiger partial charge on any atom is -0.294 e. The number of nitrogens with zero attached hydrogens (tertiary/aromatic N) is 1. The number of nitriles is 1. The zero-order chi connectivity index (χ0) is 11.6. The average Bonchev–Trinajstić information content (AvgIpc) is 2.17. The van der Waals surface area contributed by atoms with E-state index in [9.17, 15) is 18.0 Å². The van der Waals surface area contributed by atoms with Crippen LogP contribution in [0.5, 0.6) is 0 Å². The Hall–Kier alpha value is -1.83. The van der Waals surface area contributed by atoms with E-state index in [1.54, 1.807) is 0 Å². The quantitative estimate of drug-likeness (QED) is 0.708. The Morgan fingerprint density at radius 2 is 2.07 bits per heavy atom. The van der Waals surface area contributed by atoms with E-state index >= 15 is 0 Å². The lowest BCUT2D eigenvalue weighted by atomic mass is 10.0. The van der Waals surface area contributed by atoms with Crippen molar-refractivity contribution in [3.05, 3.63) is 35.1 Å². The van der Waals surface area contributed by atoms with Crippen molar-refractivity contribution in [3.63, 3.8) is 0 Å². The summed E-state index contributed by atoms with van der Waals surface area (Å²) in [4.78, 5) is 10.9. The molecular formula is C10H6F3NO. The number of benzene rings is 1. The largest absolute Gasteiger partial charge is 0.360 e. The SMILES string of the molecule is CC(=O)c1cccc(C(F)(F)C#N)c1F. The van der Waals surface area contributed by atoms with Gasteiger partial charge in [-0.25, -0.2) is 4.39 Å². The van der Waals surface area contributed by atoms with Gasteiger partial charge in [-0.1, -0.05) is 6.07 Å². The molecule has 1 aromatic rings. The van der Waals surface area contributed by atoms with Crippen LogP contribution in [0.25, 0.3) is 0 Å². The van der Waals surface area contributed by atoms with Crippen molar-refractivity contribution >= 4 is 5.78 Å². The minimum atomic E-state index is -3.92. The molecule has 1 rings (SSSR count). The van der Waals surface area contributed by atoms with Gasteiger partial charge in [0, 0.05) is 0 Å². The molecule has 0 atom stereocenters. The van der Waals surface area contributed by atoms with E-state index < -0.39 is 28.6 Å². The zero-order valence-corrected chi connectivity index (χ0v) is 7.72. The monoisotopic (exact) mass is 213 g/mol. The second-order valence-electron chi connectivity index (χ2n) is 2.91. The molecule has 0 aromatic heterocycles. The molecule has 0 amide bonds. The number of Topliss-reactive ketones (excluding diaryl/α,β-unsaturated/α-hetero) is 1. The van der Waals surface area contributed by atoms with E-state index in [1.807, 2.05) is 0 Å². The van der Waals surface area contributed by atoms with E-state index in [0.29, 0.717) is 6.07 Å². The summed E-state index contributed by atoms with van der Waals surface area (Å²) in [5.74, 6) is -5.92. The summed E-state index contributed by atoms with van der Waals surface area (Å²) in [5, 5.41) is 8.15. The van der Waals surface area contributed by atoms with Gasteiger partial charge >= 0.3 is 5.92 Å². The number of carbonyl (C=O) groups excluding carboxylic acids is 1. The number of hydrogen-bond donors (Lipinski definition) is 0. The first-order chi connectivity index (χ1) is 6.90. The minimum absolute atomic E-state index is 0.442. The molecule has 0 heterocycles. The molecule has 0 N–H and O–H groups in total. The topological polar surface area (TPSA) is 40.9 Å². The van der Waals surface area contributed by atoms with Gasteiger partial charge in [0.05, 0.1) is 11.1 Å². The van der Waals surface area contributed by atoms with Gasteiger partial charge in [-0.05, 0) is 19.1 Å². The third-order valence-corrected chi connectivity index (χ3v) is 1.86. The Balaban J connectivity index is 3.42. The van der Waals surface area contributed by atoms with Crippen molar-refractivity contribution in [1.29, 1.82) is 5.26 Å². The molecule has 0 aliphatic rings. The van der Waals surface area contributed by atoms with Crippen LogP contribution in [-0.2, 0) is 5.92 Å². The summed E-state index contributed by atoms with van der Waals surface area (Å²) in [7, 11) is 0. The number of alkyl halides is 2. The Bertz CT molecular complexity index is 448. The maximum absolute atomic E-state index is 13.4. The molecule has 1 aromatic carbocycles. The standard InChI is InChI=1S/C10H6F3NO/c1-6(15)7-3-2-4-8(9(7)11)10(12,13)5-14/h2-4H,1H3. The first-order valence-corrected chi connectivity index (χ1v) is 3.99. The highest BCUT2D eigenvalue weighted by Gasteiger charge is 2.35. The highest BCUT2D eigenvalue weighted by Crippen LogP contribution is 2.30. The van der Waals surface area contributed by atoms with Crippen LogP contribution >= 0.6 is 0 Å². The smallest absolute Gasteiger partial charge is 0.294 e. The zero-order valence-electron chi connectivity index (χ0n) is 7.72. The molecular weight excluding hydrogens is 207 g/mol. The molecule has 2 nitrogen and oxygen atoms in total. The van der Waals surface area contributed by atoms with Crippen LogP contribution in [0.1, 0.15) is 22.8 Å². The lowest BCUT2D eigenvalue weighted by Crippen LogP contribution is -2.14. The van der Waals surface area contributed by atoms with Gasteiger partial charge in [-0.15, -0.1) is 0 Å². The van der Waals surface area contributed by atoms with Gasteiger partial charge in [-0.3, -0.25) is 4.79 Å². The van der Waals surface area contributed by atoms with Crippen molar-refractivity contribution in [3.8, 4) is 6.07 Å². The fourth-order valence-corrected chi connectivity index (χ4v) is 1.11. The summed E-state index contributed by atoms with van der Waals surface area (Å²) in [6.45, 7) is 1.06. The highest BCUT2D eigenvalue weighted by atomic mass is 19.3. The molecule has 0 unspecified atom stereocenters. The summed E-state index contributed by atoms with van der Waals surface area (Å²) in [6.07, 6.45) is 0. The maximum atomic E-state index is 13.4. The molecule has 0 saturated heterocycles. The van der Waals surface area contributed by atoms with Gasteiger partial charge in [0.15, 0.2) is 5.78 Å². The fraction of sp³-hybridized carbons (Fsp3) is 0.200. The van der Waals surface area contributed by atoms with Gasteiger partial charge in [0.1, 0.15) is 11.9 Å². The fourth-order valence-electron chi connectivity index (χ4n) is 1.11. The van der Waals surface area contributed by atoms with Crippen LogP contribution in [0.15, 0.2) is 18.2 Å². The average molecular weight is 213 g/mol. The molecule has 0 radical (unpaired) electrons. The summed E-state index contributed by atoms with van der Waals surface area (Å²) in [6, 6.07) is 3.67. The molecule has 0 fully saturated rings. The molecule has 0 spiro atoms. The van der Waals surface area contributed by atoms with E-state index in [1.165, 1.54) is 0 Å². The molecule has 78 valence electrons. The lowest BCUT2D eigenvalue weighted by molar-refractivity contribution is 0.0570. The van der Waals surface area contributed by atoms with Crippen molar-refractivity contribution < 1.29 is 18.0 Å². The summed E-state index contributed by atoms with van der Waals surface area (Å²) < 4.78 is 39.1. The number of carbonyl (C=O) groups is 1. The number of hydrogen-bond acceptors (Lipinski definition) is 2. The predicted octanol–water partition coefficient (Wildman–Crippen LogP) is 2.64. The van der Waals surface area contributed by atoms with Gasteiger partial charge < -0.3 is 0 Å². The normalized spacial score (nSPS) is 10.9. The maximum Gasteiger partial charge on any atom is 0.360 e.